The third-order valence-electron chi connectivity index (χ3n) is 5.95. The largest absolute Gasteiger partial charge is 0.469 e. The highest BCUT2D eigenvalue weighted by Crippen LogP contribution is 2.43. The Morgan fingerprint density at radius 2 is 1.76 bits per heavy atom. The molecule has 2 saturated carbocycles. The topological polar surface area (TPSA) is 43.4 Å². The number of Topliss-reactive ketones (excluding diaryl/α,β-unsaturated/α-hetero) is 1. The zero-order chi connectivity index (χ0) is 18.0. The number of carbonyl (C=O) groups is 2. The zero-order valence-electron chi connectivity index (χ0n) is 15.8. The summed E-state index contributed by atoms with van der Waals surface area (Å²) in [5, 5.41) is 0. The van der Waals surface area contributed by atoms with Crippen molar-refractivity contribution in [2.75, 3.05) is 7.11 Å². The van der Waals surface area contributed by atoms with Gasteiger partial charge < -0.3 is 4.74 Å². The minimum Gasteiger partial charge on any atom is -0.469 e. The predicted octanol–water partition coefficient (Wildman–Crippen LogP) is 4.53. The van der Waals surface area contributed by atoms with Gasteiger partial charge in [0.15, 0.2) is 0 Å². The summed E-state index contributed by atoms with van der Waals surface area (Å²) in [6.45, 7) is 4.31. The molecular formula is C22H30O3. The number of rotatable bonds is 6. The highest BCUT2D eigenvalue weighted by molar-refractivity contribution is 5.89. The average molecular weight is 342 g/mol. The monoisotopic (exact) mass is 342 g/mol. The number of ketones is 1. The summed E-state index contributed by atoms with van der Waals surface area (Å²) in [4.78, 5) is 25.3. The quantitative estimate of drug-likeness (QED) is 0.714. The van der Waals surface area contributed by atoms with Crippen molar-refractivity contribution in [2.45, 2.75) is 71.1 Å². The first-order valence-corrected chi connectivity index (χ1v) is 9.78. The van der Waals surface area contributed by atoms with Gasteiger partial charge in [-0.05, 0) is 61.6 Å². The molecule has 0 radical (unpaired) electrons. The lowest BCUT2D eigenvalue weighted by Crippen LogP contribution is -2.34. The van der Waals surface area contributed by atoms with E-state index < -0.39 is 0 Å². The molecule has 25 heavy (non-hydrogen) atoms. The SMILES string of the molecule is CCc1cc(C)cc(C2CC2)c1CC(=O)[C@H]1CCCCC1C(=O)OC. The van der Waals surface area contributed by atoms with Crippen LogP contribution in [0.4, 0.5) is 0 Å². The van der Waals surface area contributed by atoms with Gasteiger partial charge in [0.25, 0.3) is 0 Å². The van der Waals surface area contributed by atoms with E-state index in [2.05, 4.69) is 26.0 Å². The molecule has 0 spiro atoms. The van der Waals surface area contributed by atoms with Crippen molar-refractivity contribution in [2.24, 2.45) is 11.8 Å². The van der Waals surface area contributed by atoms with Crippen LogP contribution in [0.15, 0.2) is 12.1 Å². The van der Waals surface area contributed by atoms with E-state index in [-0.39, 0.29) is 23.6 Å². The Morgan fingerprint density at radius 3 is 2.36 bits per heavy atom. The Kier molecular flexibility index (Phi) is 5.61. The Hall–Kier alpha value is -1.64. The number of hydrogen-bond acceptors (Lipinski definition) is 3. The Labute approximate surface area is 151 Å². The summed E-state index contributed by atoms with van der Waals surface area (Å²) >= 11 is 0. The molecule has 0 amide bonds. The first kappa shape index (κ1) is 18.2. The molecule has 0 aromatic heterocycles. The summed E-state index contributed by atoms with van der Waals surface area (Å²) in [5.74, 6) is 0.247. The fraction of sp³-hybridized carbons (Fsp3) is 0.636. The van der Waals surface area contributed by atoms with Gasteiger partial charge in [0.2, 0.25) is 0 Å². The second-order valence-corrected chi connectivity index (χ2v) is 7.78. The van der Waals surface area contributed by atoms with Crippen molar-refractivity contribution in [1.29, 1.82) is 0 Å². The molecule has 2 fully saturated rings. The molecule has 3 heteroatoms. The van der Waals surface area contributed by atoms with E-state index in [0.29, 0.717) is 12.3 Å². The van der Waals surface area contributed by atoms with Crippen molar-refractivity contribution in [3.8, 4) is 0 Å². The van der Waals surface area contributed by atoms with E-state index in [1.807, 2.05) is 0 Å². The predicted molar refractivity (Wildman–Crippen MR) is 98.7 cm³/mol. The molecular weight excluding hydrogens is 312 g/mol. The number of benzene rings is 1. The van der Waals surface area contributed by atoms with Crippen LogP contribution in [0.2, 0.25) is 0 Å². The van der Waals surface area contributed by atoms with Crippen molar-refractivity contribution in [3.05, 3.63) is 34.4 Å². The molecule has 2 atom stereocenters. The summed E-state index contributed by atoms with van der Waals surface area (Å²) < 4.78 is 4.96. The normalized spacial score (nSPS) is 23.3. The molecule has 2 aliphatic carbocycles. The van der Waals surface area contributed by atoms with Crippen LogP contribution in [0.3, 0.4) is 0 Å². The van der Waals surface area contributed by atoms with E-state index in [1.165, 1.54) is 42.2 Å². The molecule has 3 nitrogen and oxygen atoms in total. The minimum absolute atomic E-state index is 0.167. The first-order chi connectivity index (χ1) is 12.0. The number of hydrogen-bond donors (Lipinski definition) is 0. The molecule has 0 N–H and O–H groups in total. The van der Waals surface area contributed by atoms with E-state index in [1.54, 1.807) is 0 Å². The van der Waals surface area contributed by atoms with Crippen LogP contribution >= 0.6 is 0 Å². The number of aryl methyl sites for hydroxylation is 2. The van der Waals surface area contributed by atoms with Crippen LogP contribution in [0, 0.1) is 18.8 Å². The minimum atomic E-state index is -0.244. The summed E-state index contributed by atoms with van der Waals surface area (Å²) in [6, 6.07) is 4.51. The maximum absolute atomic E-state index is 13.1. The van der Waals surface area contributed by atoms with Gasteiger partial charge in [-0.25, -0.2) is 0 Å². The Balaban J connectivity index is 1.86. The fourth-order valence-corrected chi connectivity index (χ4v) is 4.47. The number of esters is 1. The number of ether oxygens (including phenoxy) is 1. The third-order valence-corrected chi connectivity index (χ3v) is 5.95. The van der Waals surface area contributed by atoms with Gasteiger partial charge in [0.05, 0.1) is 13.0 Å². The summed E-state index contributed by atoms with van der Waals surface area (Å²) in [5.41, 5.74) is 5.23. The highest BCUT2D eigenvalue weighted by atomic mass is 16.5. The molecule has 0 heterocycles. The molecule has 2 aliphatic rings. The Bertz CT molecular complexity index is 657. The van der Waals surface area contributed by atoms with Crippen LogP contribution in [0.1, 0.15) is 73.6 Å². The molecule has 0 bridgehead atoms. The summed E-state index contributed by atoms with van der Waals surface area (Å²) in [7, 11) is 1.43. The number of carbonyl (C=O) groups excluding carboxylic acids is 2. The molecule has 0 aliphatic heterocycles. The van der Waals surface area contributed by atoms with Crippen molar-refractivity contribution in [3.63, 3.8) is 0 Å². The van der Waals surface area contributed by atoms with Gasteiger partial charge in [0.1, 0.15) is 5.78 Å². The van der Waals surface area contributed by atoms with Gasteiger partial charge in [-0.15, -0.1) is 0 Å². The van der Waals surface area contributed by atoms with Crippen LogP contribution in [-0.4, -0.2) is 18.9 Å². The number of methoxy groups -OCH3 is 1. The molecule has 1 aromatic rings. The van der Waals surface area contributed by atoms with E-state index in [9.17, 15) is 9.59 Å². The van der Waals surface area contributed by atoms with E-state index in [4.69, 9.17) is 4.74 Å². The molecule has 1 unspecified atom stereocenters. The maximum Gasteiger partial charge on any atom is 0.309 e. The van der Waals surface area contributed by atoms with Gasteiger partial charge in [-0.3, -0.25) is 9.59 Å². The average Bonchev–Trinajstić information content (AvgIpc) is 3.47. The smallest absolute Gasteiger partial charge is 0.309 e. The lowest BCUT2D eigenvalue weighted by Gasteiger charge is -2.29. The molecule has 136 valence electrons. The maximum atomic E-state index is 13.1. The van der Waals surface area contributed by atoms with Gasteiger partial charge in [0, 0.05) is 12.3 Å². The Morgan fingerprint density at radius 1 is 1.08 bits per heavy atom. The third kappa shape index (κ3) is 3.96. The molecule has 0 saturated heterocycles. The molecule has 3 rings (SSSR count). The van der Waals surface area contributed by atoms with Crippen molar-refractivity contribution in [1.82, 2.24) is 0 Å². The van der Waals surface area contributed by atoms with Crippen molar-refractivity contribution >= 4 is 11.8 Å². The van der Waals surface area contributed by atoms with Crippen LogP contribution in [-0.2, 0) is 27.2 Å². The van der Waals surface area contributed by atoms with Crippen LogP contribution in [0.25, 0.3) is 0 Å². The van der Waals surface area contributed by atoms with Gasteiger partial charge >= 0.3 is 5.97 Å². The highest BCUT2D eigenvalue weighted by Gasteiger charge is 2.37. The van der Waals surface area contributed by atoms with Gasteiger partial charge in [-0.1, -0.05) is 37.5 Å². The second-order valence-electron chi connectivity index (χ2n) is 7.78. The van der Waals surface area contributed by atoms with E-state index in [0.717, 1.165) is 32.1 Å². The van der Waals surface area contributed by atoms with Gasteiger partial charge in [-0.2, -0.15) is 0 Å². The standard InChI is InChI=1S/C22H30O3/c1-4-15-11-14(2)12-19(16-9-10-16)20(15)13-21(23)17-7-5-6-8-18(17)22(24)25-3/h11-12,16-18H,4-10,13H2,1-3H3/t17-,18?/m0/s1. The second kappa shape index (κ2) is 7.72. The van der Waals surface area contributed by atoms with E-state index >= 15 is 0 Å². The molecule has 1 aromatic carbocycles. The van der Waals surface area contributed by atoms with Crippen LogP contribution in [0.5, 0.6) is 0 Å². The van der Waals surface area contributed by atoms with Crippen molar-refractivity contribution < 1.29 is 14.3 Å². The lowest BCUT2D eigenvalue weighted by molar-refractivity contribution is -0.151. The first-order valence-electron chi connectivity index (χ1n) is 9.78. The van der Waals surface area contributed by atoms with Crippen LogP contribution < -0.4 is 0 Å². The summed E-state index contributed by atoms with van der Waals surface area (Å²) in [6.07, 6.45) is 7.57. The lowest BCUT2D eigenvalue weighted by atomic mass is 9.75. The fourth-order valence-electron chi connectivity index (χ4n) is 4.47. The zero-order valence-corrected chi connectivity index (χ0v) is 15.8.